The number of fused-ring (bicyclic) bond motifs is 1. The molecule has 19 heavy (non-hydrogen) atoms. The molecular weight excluding hydrogens is 240 g/mol. The van der Waals surface area contributed by atoms with Gasteiger partial charge in [0.2, 0.25) is 5.91 Å². The zero-order valence-corrected chi connectivity index (χ0v) is 10.3. The van der Waals surface area contributed by atoms with E-state index >= 15 is 0 Å². The molecule has 0 heterocycles. The first kappa shape index (κ1) is 11.7. The number of hydrazone groups is 1. The Morgan fingerprint density at radius 3 is 2.63 bits per heavy atom. The molecule has 2 aromatic carbocycles. The van der Waals surface area contributed by atoms with Gasteiger partial charge in [-0.15, -0.1) is 0 Å². The van der Waals surface area contributed by atoms with Crippen LogP contribution < -0.4 is 5.43 Å². The molecule has 1 amide bonds. The highest BCUT2D eigenvalue weighted by Gasteiger charge is 2.29. The minimum Gasteiger partial charge on any atom is -0.507 e. The average Bonchev–Trinajstić information content (AvgIpc) is 3.23. The number of amides is 1. The summed E-state index contributed by atoms with van der Waals surface area (Å²) in [6.07, 6.45) is 3.37. The van der Waals surface area contributed by atoms with Crippen molar-refractivity contribution in [1.29, 1.82) is 0 Å². The predicted octanol–water partition coefficient (Wildman–Crippen LogP) is 2.41. The molecule has 0 unspecified atom stereocenters. The molecule has 1 saturated carbocycles. The first-order valence-corrected chi connectivity index (χ1v) is 6.29. The number of rotatable bonds is 3. The first-order valence-electron chi connectivity index (χ1n) is 6.29. The molecule has 1 aliphatic rings. The van der Waals surface area contributed by atoms with Gasteiger partial charge in [-0.3, -0.25) is 4.79 Å². The van der Waals surface area contributed by atoms with Crippen LogP contribution in [0.25, 0.3) is 10.8 Å². The number of benzene rings is 2. The second-order valence-corrected chi connectivity index (χ2v) is 4.77. The van der Waals surface area contributed by atoms with Crippen LogP contribution >= 0.6 is 0 Å². The van der Waals surface area contributed by atoms with Crippen LogP contribution in [0.4, 0.5) is 0 Å². The summed E-state index contributed by atoms with van der Waals surface area (Å²) in [6.45, 7) is 0. The molecule has 4 heteroatoms. The largest absolute Gasteiger partial charge is 0.507 e. The molecule has 3 rings (SSSR count). The Hall–Kier alpha value is -2.36. The lowest BCUT2D eigenvalue weighted by molar-refractivity contribution is -0.122. The van der Waals surface area contributed by atoms with Crippen LogP contribution in [0.1, 0.15) is 18.4 Å². The second kappa shape index (κ2) is 4.72. The Morgan fingerprint density at radius 2 is 1.95 bits per heavy atom. The lowest BCUT2D eigenvalue weighted by Gasteiger charge is -2.03. The van der Waals surface area contributed by atoms with Crippen molar-refractivity contribution in [3.05, 3.63) is 42.0 Å². The summed E-state index contributed by atoms with van der Waals surface area (Å²) in [5.41, 5.74) is 3.08. The van der Waals surface area contributed by atoms with E-state index < -0.39 is 0 Å². The number of hydrogen-bond donors (Lipinski definition) is 2. The number of nitrogens with zero attached hydrogens (tertiary/aromatic N) is 1. The minimum atomic E-state index is -0.0449. The van der Waals surface area contributed by atoms with Crippen molar-refractivity contribution < 1.29 is 9.90 Å². The maximum atomic E-state index is 11.4. The summed E-state index contributed by atoms with van der Waals surface area (Å²) in [7, 11) is 0. The summed E-state index contributed by atoms with van der Waals surface area (Å²) in [5.74, 6) is 0.238. The number of nitrogens with one attached hydrogen (secondary N) is 1. The Kier molecular flexibility index (Phi) is 2.91. The fraction of sp³-hybridized carbons (Fsp3) is 0.200. The van der Waals surface area contributed by atoms with Crippen LogP contribution in [-0.4, -0.2) is 17.2 Å². The normalized spacial score (nSPS) is 14.9. The summed E-state index contributed by atoms with van der Waals surface area (Å²) >= 11 is 0. The van der Waals surface area contributed by atoms with Crippen molar-refractivity contribution in [3.63, 3.8) is 0 Å². The number of hydrogen-bond acceptors (Lipinski definition) is 3. The Morgan fingerprint density at radius 1 is 1.26 bits per heavy atom. The molecule has 0 aromatic heterocycles. The number of aromatic hydroxyl groups is 1. The lowest BCUT2D eigenvalue weighted by Crippen LogP contribution is -2.18. The van der Waals surface area contributed by atoms with Crippen molar-refractivity contribution in [2.24, 2.45) is 11.0 Å². The minimum absolute atomic E-state index is 0.0449. The van der Waals surface area contributed by atoms with E-state index in [1.54, 1.807) is 6.07 Å². The summed E-state index contributed by atoms with van der Waals surface area (Å²) in [6, 6.07) is 11.3. The van der Waals surface area contributed by atoms with E-state index in [0.29, 0.717) is 5.56 Å². The maximum absolute atomic E-state index is 11.4. The molecule has 0 saturated heterocycles. The van der Waals surface area contributed by atoms with Crippen molar-refractivity contribution in [2.75, 3.05) is 0 Å². The van der Waals surface area contributed by atoms with E-state index in [-0.39, 0.29) is 17.6 Å². The quantitative estimate of drug-likeness (QED) is 0.652. The third-order valence-electron chi connectivity index (χ3n) is 3.22. The molecule has 0 spiro atoms. The molecule has 96 valence electrons. The summed E-state index contributed by atoms with van der Waals surface area (Å²) in [4.78, 5) is 11.4. The van der Waals surface area contributed by atoms with Gasteiger partial charge in [-0.2, -0.15) is 5.10 Å². The van der Waals surface area contributed by atoms with Gasteiger partial charge in [0.1, 0.15) is 5.75 Å². The molecule has 0 aliphatic heterocycles. The van der Waals surface area contributed by atoms with Crippen molar-refractivity contribution >= 4 is 22.9 Å². The summed E-state index contributed by atoms with van der Waals surface area (Å²) in [5, 5.41) is 15.8. The van der Waals surface area contributed by atoms with Gasteiger partial charge in [0.15, 0.2) is 0 Å². The fourth-order valence-corrected chi connectivity index (χ4v) is 1.95. The molecule has 1 fully saturated rings. The molecular formula is C15H14N2O2. The Balaban J connectivity index is 1.81. The topological polar surface area (TPSA) is 61.7 Å². The zero-order chi connectivity index (χ0) is 13.2. The van der Waals surface area contributed by atoms with Crippen LogP contribution in [0.3, 0.4) is 0 Å². The predicted molar refractivity (Wildman–Crippen MR) is 74.1 cm³/mol. The van der Waals surface area contributed by atoms with E-state index in [2.05, 4.69) is 10.5 Å². The lowest BCUT2D eigenvalue weighted by atomic mass is 10.1. The van der Waals surface area contributed by atoms with Crippen molar-refractivity contribution in [2.45, 2.75) is 12.8 Å². The Bertz CT molecular complexity index is 660. The first-order chi connectivity index (χ1) is 9.24. The molecule has 4 nitrogen and oxygen atoms in total. The van der Waals surface area contributed by atoms with Gasteiger partial charge < -0.3 is 5.11 Å². The molecule has 2 aromatic rings. The number of carbonyl (C=O) groups excluding carboxylic acids is 1. The van der Waals surface area contributed by atoms with E-state index in [1.807, 2.05) is 30.3 Å². The highest BCUT2D eigenvalue weighted by molar-refractivity contribution is 5.94. The van der Waals surface area contributed by atoms with Crippen molar-refractivity contribution in [3.8, 4) is 5.75 Å². The van der Waals surface area contributed by atoms with Gasteiger partial charge in [-0.1, -0.05) is 24.3 Å². The highest BCUT2D eigenvalue weighted by Crippen LogP contribution is 2.28. The third kappa shape index (κ3) is 2.57. The van der Waals surface area contributed by atoms with Crippen LogP contribution in [-0.2, 0) is 4.79 Å². The Labute approximate surface area is 110 Å². The zero-order valence-electron chi connectivity index (χ0n) is 10.3. The van der Waals surface area contributed by atoms with E-state index in [4.69, 9.17) is 0 Å². The smallest absolute Gasteiger partial charge is 0.243 e. The highest BCUT2D eigenvalue weighted by atomic mass is 16.3. The second-order valence-electron chi connectivity index (χ2n) is 4.77. The molecule has 0 radical (unpaired) electrons. The van der Waals surface area contributed by atoms with Crippen molar-refractivity contribution in [1.82, 2.24) is 5.43 Å². The van der Waals surface area contributed by atoms with Crippen LogP contribution in [0.2, 0.25) is 0 Å². The SMILES string of the molecule is O=C(NN=Cc1cc2ccccc2cc1O)C1CC1. The van der Waals surface area contributed by atoms with Gasteiger partial charge in [0.05, 0.1) is 6.21 Å². The molecule has 1 aliphatic carbocycles. The van der Waals surface area contributed by atoms with E-state index in [0.717, 1.165) is 23.6 Å². The van der Waals surface area contributed by atoms with Crippen LogP contribution in [0.15, 0.2) is 41.5 Å². The van der Waals surface area contributed by atoms with E-state index in [9.17, 15) is 9.90 Å². The molecule has 0 bridgehead atoms. The number of phenolic OH excluding ortho intramolecular Hbond substituents is 1. The van der Waals surface area contributed by atoms with Crippen LogP contribution in [0.5, 0.6) is 5.75 Å². The fourth-order valence-electron chi connectivity index (χ4n) is 1.95. The van der Waals surface area contributed by atoms with Gasteiger partial charge in [-0.25, -0.2) is 5.43 Å². The molecule has 2 N–H and O–H groups in total. The summed E-state index contributed by atoms with van der Waals surface area (Å²) < 4.78 is 0. The molecule has 0 atom stereocenters. The van der Waals surface area contributed by atoms with Crippen LogP contribution in [0, 0.1) is 5.92 Å². The van der Waals surface area contributed by atoms with Gasteiger partial charge in [-0.05, 0) is 35.7 Å². The number of phenols is 1. The average molecular weight is 254 g/mol. The number of carbonyl (C=O) groups is 1. The van der Waals surface area contributed by atoms with Gasteiger partial charge in [0, 0.05) is 11.5 Å². The third-order valence-corrected chi connectivity index (χ3v) is 3.22. The standard InChI is InChI=1S/C15H14N2O2/c18-14-8-12-4-2-1-3-11(12)7-13(14)9-16-17-15(19)10-5-6-10/h1-4,7-10,18H,5-6H2,(H,17,19). The van der Waals surface area contributed by atoms with Gasteiger partial charge in [0.25, 0.3) is 0 Å². The van der Waals surface area contributed by atoms with Gasteiger partial charge >= 0.3 is 0 Å². The van der Waals surface area contributed by atoms with E-state index in [1.165, 1.54) is 6.21 Å². The monoisotopic (exact) mass is 254 g/mol. The maximum Gasteiger partial charge on any atom is 0.243 e.